The molecule has 0 aromatic carbocycles. The van der Waals surface area contributed by atoms with Crippen LogP contribution in [0.15, 0.2) is 0 Å². The quantitative estimate of drug-likeness (QED) is 0.805. The summed E-state index contributed by atoms with van der Waals surface area (Å²) in [5.41, 5.74) is 6.23. The molecular formula is C9H20Cl2N2O. The number of rotatable bonds is 3. The fourth-order valence-electron chi connectivity index (χ4n) is 1.62. The number of hydrogen-bond donors (Lipinski definition) is 1. The molecule has 0 radical (unpaired) electrons. The predicted octanol–water partition coefficient (Wildman–Crippen LogP) is 1.04. The van der Waals surface area contributed by atoms with E-state index in [2.05, 4.69) is 4.90 Å². The molecule has 2 aliphatic rings. The van der Waals surface area contributed by atoms with Crippen LogP contribution in [-0.2, 0) is 4.74 Å². The van der Waals surface area contributed by atoms with Gasteiger partial charge in [-0.05, 0) is 19.3 Å². The van der Waals surface area contributed by atoms with Gasteiger partial charge in [0.05, 0.1) is 13.2 Å². The zero-order valence-electron chi connectivity index (χ0n) is 8.41. The molecule has 0 bridgehead atoms. The molecule has 1 saturated heterocycles. The largest absolute Gasteiger partial charge is 0.379 e. The molecule has 2 rings (SSSR count). The molecule has 2 N–H and O–H groups in total. The Morgan fingerprint density at radius 3 is 2.21 bits per heavy atom. The van der Waals surface area contributed by atoms with E-state index in [9.17, 15) is 0 Å². The van der Waals surface area contributed by atoms with Crippen molar-refractivity contribution < 1.29 is 4.74 Å². The third kappa shape index (κ3) is 4.32. The Morgan fingerprint density at radius 1 is 1.14 bits per heavy atom. The van der Waals surface area contributed by atoms with Crippen LogP contribution < -0.4 is 5.73 Å². The lowest BCUT2D eigenvalue weighted by Gasteiger charge is -2.27. The topological polar surface area (TPSA) is 38.5 Å². The van der Waals surface area contributed by atoms with E-state index in [1.54, 1.807) is 0 Å². The molecule has 1 aliphatic carbocycles. The smallest absolute Gasteiger partial charge is 0.0594 e. The van der Waals surface area contributed by atoms with E-state index >= 15 is 0 Å². The fraction of sp³-hybridized carbons (Fsp3) is 1.00. The SMILES string of the molecule is Cl.Cl.NC1(CCN2CCOCC2)CC1. The second-order valence-electron chi connectivity index (χ2n) is 4.07. The van der Waals surface area contributed by atoms with Crippen molar-refractivity contribution in [3.8, 4) is 0 Å². The van der Waals surface area contributed by atoms with Gasteiger partial charge in [-0.3, -0.25) is 4.90 Å². The fourth-order valence-corrected chi connectivity index (χ4v) is 1.62. The second kappa shape index (κ2) is 6.13. The van der Waals surface area contributed by atoms with E-state index in [1.807, 2.05) is 0 Å². The number of halogens is 2. The van der Waals surface area contributed by atoms with Crippen molar-refractivity contribution in [1.29, 1.82) is 0 Å². The normalized spacial score (nSPS) is 24.6. The zero-order chi connectivity index (χ0) is 8.44. The van der Waals surface area contributed by atoms with Gasteiger partial charge >= 0.3 is 0 Å². The van der Waals surface area contributed by atoms with Crippen molar-refractivity contribution in [2.24, 2.45) is 5.73 Å². The Labute approximate surface area is 98.2 Å². The highest BCUT2D eigenvalue weighted by molar-refractivity contribution is 5.85. The highest BCUT2D eigenvalue weighted by Crippen LogP contribution is 2.35. The Morgan fingerprint density at radius 2 is 1.71 bits per heavy atom. The molecule has 86 valence electrons. The maximum Gasteiger partial charge on any atom is 0.0594 e. The lowest BCUT2D eigenvalue weighted by Crippen LogP contribution is -2.39. The maximum atomic E-state index is 6.01. The standard InChI is InChI=1S/C9H18N2O.2ClH/c10-9(1-2-9)3-4-11-5-7-12-8-6-11;;/h1-8,10H2;2*1H. The first kappa shape index (κ1) is 14.5. The van der Waals surface area contributed by atoms with Gasteiger partial charge < -0.3 is 10.5 Å². The van der Waals surface area contributed by atoms with Gasteiger partial charge in [-0.1, -0.05) is 0 Å². The van der Waals surface area contributed by atoms with Crippen LogP contribution in [0.2, 0.25) is 0 Å². The Balaban J connectivity index is 0.000000845. The van der Waals surface area contributed by atoms with E-state index in [1.165, 1.54) is 25.8 Å². The van der Waals surface area contributed by atoms with Crippen LogP contribution in [0.3, 0.4) is 0 Å². The third-order valence-electron chi connectivity index (χ3n) is 2.92. The number of nitrogens with two attached hydrogens (primary N) is 1. The van der Waals surface area contributed by atoms with E-state index in [4.69, 9.17) is 10.5 Å². The third-order valence-corrected chi connectivity index (χ3v) is 2.92. The van der Waals surface area contributed by atoms with Crippen LogP contribution in [0, 0.1) is 0 Å². The highest BCUT2D eigenvalue weighted by atomic mass is 35.5. The molecule has 1 aliphatic heterocycles. The summed E-state index contributed by atoms with van der Waals surface area (Å²) in [6.45, 7) is 5.15. The first-order valence-corrected chi connectivity index (χ1v) is 4.88. The van der Waals surface area contributed by atoms with Crippen LogP contribution in [0.1, 0.15) is 19.3 Å². The number of hydrogen-bond acceptors (Lipinski definition) is 3. The summed E-state index contributed by atoms with van der Waals surface area (Å²) in [7, 11) is 0. The summed E-state index contributed by atoms with van der Waals surface area (Å²) in [6.07, 6.45) is 3.64. The molecule has 5 heteroatoms. The van der Waals surface area contributed by atoms with Crippen LogP contribution >= 0.6 is 24.8 Å². The molecule has 0 unspecified atom stereocenters. The van der Waals surface area contributed by atoms with Crippen molar-refractivity contribution >= 4 is 24.8 Å². The average molecular weight is 243 g/mol. The zero-order valence-corrected chi connectivity index (χ0v) is 10.0. The molecule has 0 atom stereocenters. The van der Waals surface area contributed by atoms with E-state index in [-0.39, 0.29) is 30.4 Å². The minimum atomic E-state index is 0. The van der Waals surface area contributed by atoms with Gasteiger partial charge in [0.15, 0.2) is 0 Å². The first-order chi connectivity index (χ1) is 5.79. The van der Waals surface area contributed by atoms with Gasteiger partial charge in [-0.2, -0.15) is 0 Å². The Hall–Kier alpha value is 0.460. The summed E-state index contributed by atoms with van der Waals surface area (Å²) in [4.78, 5) is 2.45. The summed E-state index contributed by atoms with van der Waals surface area (Å²) < 4.78 is 5.27. The van der Waals surface area contributed by atoms with Gasteiger partial charge in [0.2, 0.25) is 0 Å². The minimum absolute atomic E-state index is 0. The van der Waals surface area contributed by atoms with Crippen LogP contribution in [-0.4, -0.2) is 43.3 Å². The maximum absolute atomic E-state index is 6.01. The van der Waals surface area contributed by atoms with E-state index in [0.29, 0.717) is 0 Å². The van der Waals surface area contributed by atoms with Gasteiger partial charge in [-0.15, -0.1) is 24.8 Å². The van der Waals surface area contributed by atoms with Crippen LogP contribution in [0.4, 0.5) is 0 Å². The van der Waals surface area contributed by atoms with Crippen molar-refractivity contribution in [3.05, 3.63) is 0 Å². The van der Waals surface area contributed by atoms with Gasteiger partial charge in [0.1, 0.15) is 0 Å². The lowest BCUT2D eigenvalue weighted by atomic mass is 10.2. The number of ether oxygens (including phenoxy) is 1. The first-order valence-electron chi connectivity index (χ1n) is 4.88. The average Bonchev–Trinajstić information content (AvgIpc) is 2.84. The molecule has 2 fully saturated rings. The lowest BCUT2D eigenvalue weighted by molar-refractivity contribution is 0.0363. The minimum Gasteiger partial charge on any atom is -0.379 e. The van der Waals surface area contributed by atoms with Crippen molar-refractivity contribution in [2.45, 2.75) is 24.8 Å². The molecule has 14 heavy (non-hydrogen) atoms. The van der Waals surface area contributed by atoms with Crippen molar-refractivity contribution in [1.82, 2.24) is 4.90 Å². The highest BCUT2D eigenvalue weighted by Gasteiger charge is 2.37. The number of nitrogens with zero attached hydrogens (tertiary/aromatic N) is 1. The monoisotopic (exact) mass is 242 g/mol. The second-order valence-corrected chi connectivity index (χ2v) is 4.07. The van der Waals surface area contributed by atoms with Gasteiger partial charge in [0, 0.05) is 25.2 Å². The van der Waals surface area contributed by atoms with Crippen molar-refractivity contribution in [3.63, 3.8) is 0 Å². The molecule has 1 saturated carbocycles. The van der Waals surface area contributed by atoms with Crippen LogP contribution in [0.5, 0.6) is 0 Å². The van der Waals surface area contributed by atoms with E-state index < -0.39 is 0 Å². The van der Waals surface area contributed by atoms with Crippen molar-refractivity contribution in [2.75, 3.05) is 32.8 Å². The summed E-state index contributed by atoms with van der Waals surface area (Å²) in [5.74, 6) is 0. The summed E-state index contributed by atoms with van der Waals surface area (Å²) in [6, 6.07) is 0. The van der Waals surface area contributed by atoms with Crippen LogP contribution in [0.25, 0.3) is 0 Å². The molecule has 0 amide bonds. The molecule has 0 spiro atoms. The summed E-state index contributed by atoms with van der Waals surface area (Å²) >= 11 is 0. The number of morpholine rings is 1. The molecule has 1 heterocycles. The predicted molar refractivity (Wildman–Crippen MR) is 62.5 cm³/mol. The Kier molecular flexibility index (Phi) is 6.33. The molecule has 3 nitrogen and oxygen atoms in total. The molecular weight excluding hydrogens is 223 g/mol. The van der Waals surface area contributed by atoms with Gasteiger partial charge in [-0.25, -0.2) is 0 Å². The van der Waals surface area contributed by atoms with Gasteiger partial charge in [0.25, 0.3) is 0 Å². The van der Waals surface area contributed by atoms with E-state index in [0.717, 1.165) is 26.3 Å². The molecule has 0 aromatic rings. The summed E-state index contributed by atoms with van der Waals surface area (Å²) in [5, 5.41) is 0. The molecule has 0 aromatic heterocycles. The Bertz CT molecular complexity index is 159.